The molecule has 0 saturated carbocycles. The van der Waals surface area contributed by atoms with Crippen LogP contribution in [0.1, 0.15) is 48.4 Å². The summed E-state index contributed by atoms with van der Waals surface area (Å²) in [6.45, 7) is 3.75. The number of carbonyl (C=O) groups excluding carboxylic acids is 1. The van der Waals surface area contributed by atoms with E-state index in [0.29, 0.717) is 5.56 Å². The van der Waals surface area contributed by atoms with Gasteiger partial charge in [0.1, 0.15) is 5.82 Å². The number of aliphatic carboxylic acids is 1. The Morgan fingerprint density at radius 1 is 1.26 bits per heavy atom. The fourth-order valence-electron chi connectivity index (χ4n) is 4.88. The number of benzene rings is 1. The van der Waals surface area contributed by atoms with Gasteiger partial charge in [0.15, 0.2) is 0 Å². The smallest absolute Gasteiger partial charge is 0.312 e. The van der Waals surface area contributed by atoms with Crippen molar-refractivity contribution in [2.75, 3.05) is 38.0 Å². The first-order valence-electron chi connectivity index (χ1n) is 12.2. The van der Waals surface area contributed by atoms with Gasteiger partial charge in [-0.05, 0) is 80.9 Å². The minimum Gasteiger partial charge on any atom is -0.481 e. The van der Waals surface area contributed by atoms with Crippen LogP contribution in [0.5, 0.6) is 0 Å². The third-order valence-electron chi connectivity index (χ3n) is 6.76. The SMILES string of the molecule is O=C(O)C(CNC(=O)[C@@H]1CCCN(CCCc2ccc3c(n2)NCCC3)C1)c1cccc(Br)c1. The Morgan fingerprint density at radius 2 is 2.15 bits per heavy atom. The van der Waals surface area contributed by atoms with E-state index in [9.17, 15) is 14.7 Å². The Labute approximate surface area is 209 Å². The molecular weight excluding hydrogens is 496 g/mol. The van der Waals surface area contributed by atoms with Crippen LogP contribution in [-0.4, -0.2) is 59.6 Å². The third kappa shape index (κ3) is 6.57. The molecule has 1 aromatic heterocycles. The lowest BCUT2D eigenvalue weighted by Crippen LogP contribution is -2.44. The van der Waals surface area contributed by atoms with E-state index < -0.39 is 11.9 Å². The molecule has 182 valence electrons. The van der Waals surface area contributed by atoms with Crippen LogP contribution in [-0.2, 0) is 22.4 Å². The van der Waals surface area contributed by atoms with Crippen molar-refractivity contribution in [2.24, 2.45) is 5.92 Å². The first-order valence-corrected chi connectivity index (χ1v) is 13.0. The lowest BCUT2D eigenvalue weighted by Gasteiger charge is -2.32. The zero-order valence-electron chi connectivity index (χ0n) is 19.4. The van der Waals surface area contributed by atoms with Gasteiger partial charge >= 0.3 is 5.97 Å². The van der Waals surface area contributed by atoms with E-state index in [-0.39, 0.29) is 18.4 Å². The molecule has 3 heterocycles. The monoisotopic (exact) mass is 528 g/mol. The number of piperidine rings is 1. The van der Waals surface area contributed by atoms with Crippen molar-refractivity contribution >= 4 is 33.6 Å². The Hall–Kier alpha value is -2.45. The molecule has 0 bridgehead atoms. The topological polar surface area (TPSA) is 94.6 Å². The number of hydrogen-bond donors (Lipinski definition) is 3. The van der Waals surface area contributed by atoms with Crippen molar-refractivity contribution in [3.8, 4) is 0 Å². The molecule has 1 amide bonds. The summed E-state index contributed by atoms with van der Waals surface area (Å²) in [5, 5.41) is 16.0. The highest BCUT2D eigenvalue weighted by Crippen LogP contribution is 2.22. The van der Waals surface area contributed by atoms with Crippen molar-refractivity contribution in [3.05, 3.63) is 57.7 Å². The van der Waals surface area contributed by atoms with Gasteiger partial charge in [-0.2, -0.15) is 0 Å². The highest BCUT2D eigenvalue weighted by atomic mass is 79.9. The number of fused-ring (bicyclic) bond motifs is 1. The summed E-state index contributed by atoms with van der Waals surface area (Å²) in [5.41, 5.74) is 3.11. The highest BCUT2D eigenvalue weighted by Gasteiger charge is 2.27. The molecule has 1 unspecified atom stereocenters. The van der Waals surface area contributed by atoms with Crippen LogP contribution in [0.25, 0.3) is 0 Å². The van der Waals surface area contributed by atoms with Gasteiger partial charge in [-0.3, -0.25) is 9.59 Å². The van der Waals surface area contributed by atoms with Crippen LogP contribution in [0.2, 0.25) is 0 Å². The van der Waals surface area contributed by atoms with E-state index in [1.807, 2.05) is 12.1 Å². The highest BCUT2D eigenvalue weighted by molar-refractivity contribution is 9.10. The van der Waals surface area contributed by atoms with Gasteiger partial charge in [0.25, 0.3) is 0 Å². The maximum atomic E-state index is 12.8. The Kier molecular flexibility index (Phi) is 8.56. The van der Waals surface area contributed by atoms with Crippen molar-refractivity contribution in [1.29, 1.82) is 0 Å². The summed E-state index contributed by atoms with van der Waals surface area (Å²) in [5.74, 6) is -0.805. The maximum Gasteiger partial charge on any atom is 0.312 e. The molecule has 8 heteroatoms. The van der Waals surface area contributed by atoms with E-state index >= 15 is 0 Å². The molecular formula is C26H33BrN4O3. The predicted molar refractivity (Wildman–Crippen MR) is 136 cm³/mol. The van der Waals surface area contributed by atoms with Gasteiger partial charge in [-0.25, -0.2) is 4.98 Å². The summed E-state index contributed by atoms with van der Waals surface area (Å²) in [6, 6.07) is 11.6. The second-order valence-electron chi connectivity index (χ2n) is 9.27. The molecule has 0 aliphatic carbocycles. The number of rotatable bonds is 9. The molecule has 0 radical (unpaired) electrons. The summed E-state index contributed by atoms with van der Waals surface area (Å²) < 4.78 is 0.826. The lowest BCUT2D eigenvalue weighted by molar-refractivity contribution is -0.138. The summed E-state index contributed by atoms with van der Waals surface area (Å²) in [6.07, 6.45) is 6.02. The predicted octanol–water partition coefficient (Wildman–Crippen LogP) is 3.83. The van der Waals surface area contributed by atoms with Gasteiger partial charge in [0, 0.05) is 29.8 Å². The van der Waals surface area contributed by atoms with Crippen LogP contribution in [0.15, 0.2) is 40.9 Å². The normalized spacial score (nSPS) is 19.0. The molecule has 2 aliphatic heterocycles. The second-order valence-corrected chi connectivity index (χ2v) is 10.2. The first-order chi connectivity index (χ1) is 16.5. The van der Waals surface area contributed by atoms with Gasteiger partial charge in [0.05, 0.1) is 11.8 Å². The molecule has 0 spiro atoms. The standard InChI is InChI=1S/C26H33BrN4O3/c27-21-8-1-5-19(15-21)23(26(33)34)16-29-25(32)20-7-3-13-31(17-20)14-4-9-22-11-10-18-6-2-12-28-24(18)30-22/h1,5,8,10-11,15,20,23H,2-4,6-7,9,12-14,16-17H2,(H,28,30)(H,29,32)(H,33,34)/t20-,23?/m1/s1. The number of likely N-dealkylation sites (tertiary alicyclic amines) is 1. The quantitative estimate of drug-likeness (QED) is 0.457. The summed E-state index contributed by atoms with van der Waals surface area (Å²) in [7, 11) is 0. The van der Waals surface area contributed by atoms with Gasteiger partial charge in [-0.1, -0.05) is 34.1 Å². The molecule has 1 aromatic carbocycles. The molecule has 34 heavy (non-hydrogen) atoms. The van der Waals surface area contributed by atoms with E-state index in [0.717, 1.165) is 74.3 Å². The Balaban J connectivity index is 1.24. The number of nitrogens with one attached hydrogen (secondary N) is 2. The molecule has 2 aromatic rings. The number of aryl methyl sites for hydroxylation is 2. The number of carboxylic acids is 1. The molecule has 3 N–H and O–H groups in total. The molecule has 4 rings (SSSR count). The number of halogens is 1. The first kappa shape index (κ1) is 24.7. The van der Waals surface area contributed by atoms with Crippen LogP contribution in [0, 0.1) is 5.92 Å². The van der Waals surface area contributed by atoms with E-state index in [1.54, 1.807) is 12.1 Å². The summed E-state index contributed by atoms with van der Waals surface area (Å²) >= 11 is 3.39. The zero-order valence-corrected chi connectivity index (χ0v) is 21.0. The minimum absolute atomic E-state index is 0.0478. The van der Waals surface area contributed by atoms with Gasteiger partial charge < -0.3 is 20.6 Å². The van der Waals surface area contributed by atoms with Crippen molar-refractivity contribution in [1.82, 2.24) is 15.2 Å². The zero-order chi connectivity index (χ0) is 23.9. The van der Waals surface area contributed by atoms with Gasteiger partial charge in [0.2, 0.25) is 5.91 Å². The molecule has 2 atom stereocenters. The number of carboxylic acid groups (broad SMARTS) is 1. The van der Waals surface area contributed by atoms with Crippen LogP contribution in [0.4, 0.5) is 5.82 Å². The lowest BCUT2D eigenvalue weighted by atomic mass is 9.95. The number of anilines is 1. The number of hydrogen-bond acceptors (Lipinski definition) is 5. The fourth-order valence-corrected chi connectivity index (χ4v) is 5.30. The van der Waals surface area contributed by atoms with Crippen LogP contribution < -0.4 is 10.6 Å². The second kappa shape index (κ2) is 11.8. The summed E-state index contributed by atoms with van der Waals surface area (Å²) in [4.78, 5) is 31.8. The number of pyridine rings is 1. The molecule has 1 fully saturated rings. The van der Waals surface area contributed by atoms with Gasteiger partial charge in [-0.15, -0.1) is 0 Å². The van der Waals surface area contributed by atoms with Crippen LogP contribution >= 0.6 is 15.9 Å². The molecule has 2 aliphatic rings. The van der Waals surface area contributed by atoms with Crippen molar-refractivity contribution in [3.63, 3.8) is 0 Å². The largest absolute Gasteiger partial charge is 0.481 e. The number of carbonyl (C=O) groups is 2. The molecule has 1 saturated heterocycles. The van der Waals surface area contributed by atoms with E-state index in [1.165, 1.54) is 12.0 Å². The van der Waals surface area contributed by atoms with Crippen molar-refractivity contribution < 1.29 is 14.7 Å². The number of amides is 1. The fraction of sp³-hybridized carbons (Fsp3) is 0.500. The van der Waals surface area contributed by atoms with Crippen molar-refractivity contribution in [2.45, 2.75) is 44.4 Å². The minimum atomic E-state index is -0.936. The van der Waals surface area contributed by atoms with E-state index in [4.69, 9.17) is 4.98 Å². The Bertz CT molecular complexity index is 1020. The van der Waals surface area contributed by atoms with Crippen LogP contribution in [0.3, 0.4) is 0 Å². The average Bonchev–Trinajstić information content (AvgIpc) is 2.84. The maximum absolute atomic E-state index is 12.8. The third-order valence-corrected chi connectivity index (χ3v) is 7.26. The number of nitrogens with zero attached hydrogens (tertiary/aromatic N) is 2. The molecule has 7 nitrogen and oxygen atoms in total. The number of aromatic nitrogens is 1. The van der Waals surface area contributed by atoms with E-state index in [2.05, 4.69) is 43.6 Å². The Morgan fingerprint density at radius 3 is 2.97 bits per heavy atom. The average molecular weight is 529 g/mol.